The van der Waals surface area contributed by atoms with Gasteiger partial charge in [-0.1, -0.05) is 11.6 Å². The summed E-state index contributed by atoms with van der Waals surface area (Å²) in [5.41, 5.74) is 0.177. The lowest BCUT2D eigenvalue weighted by Crippen LogP contribution is -2.24. The summed E-state index contributed by atoms with van der Waals surface area (Å²) in [4.78, 5) is 5.90. The highest BCUT2D eigenvalue weighted by Gasteiger charge is 2.34. The van der Waals surface area contributed by atoms with E-state index < -0.39 is 11.7 Å². The quantitative estimate of drug-likeness (QED) is 0.839. The molecule has 3 rings (SSSR count). The minimum Gasteiger partial charge on any atom is -0.348 e. The summed E-state index contributed by atoms with van der Waals surface area (Å²) in [5, 5.41) is 4.17. The number of anilines is 1. The smallest absolute Gasteiger partial charge is 0.348 e. The molecule has 1 atom stereocenters. The van der Waals surface area contributed by atoms with Crippen molar-refractivity contribution < 1.29 is 13.2 Å². The average molecular weight is 331 g/mol. The number of nitrogens with zero attached hydrogens (tertiary/aromatic N) is 4. The van der Waals surface area contributed by atoms with Crippen molar-refractivity contribution in [1.29, 1.82) is 0 Å². The van der Waals surface area contributed by atoms with Gasteiger partial charge in [-0.25, -0.2) is 4.98 Å². The van der Waals surface area contributed by atoms with Gasteiger partial charge in [0.25, 0.3) is 0 Å². The summed E-state index contributed by atoms with van der Waals surface area (Å²) >= 11 is 6.05. The number of alkyl halides is 3. The first-order valence-electron chi connectivity index (χ1n) is 6.84. The summed E-state index contributed by atoms with van der Waals surface area (Å²) < 4.78 is 39.8. The average Bonchev–Trinajstić information content (AvgIpc) is 3.06. The first-order valence-corrected chi connectivity index (χ1v) is 7.22. The Kier molecular flexibility index (Phi) is 3.76. The van der Waals surface area contributed by atoms with Gasteiger partial charge < -0.3 is 4.90 Å². The zero-order valence-corrected chi connectivity index (χ0v) is 12.6. The molecule has 1 aliphatic rings. The van der Waals surface area contributed by atoms with Crippen LogP contribution in [0.1, 0.15) is 30.0 Å². The molecule has 0 saturated carbocycles. The predicted octanol–water partition coefficient (Wildman–Crippen LogP) is 3.83. The number of aromatic nitrogens is 3. The van der Waals surface area contributed by atoms with Crippen molar-refractivity contribution in [1.82, 2.24) is 14.8 Å². The maximum Gasteiger partial charge on any atom is 0.417 e. The molecule has 0 unspecified atom stereocenters. The van der Waals surface area contributed by atoms with Crippen molar-refractivity contribution in [3.05, 3.63) is 40.8 Å². The minimum atomic E-state index is -4.44. The Morgan fingerprint density at radius 2 is 2.09 bits per heavy atom. The molecule has 22 heavy (non-hydrogen) atoms. The van der Waals surface area contributed by atoms with E-state index >= 15 is 0 Å². The van der Waals surface area contributed by atoms with Crippen LogP contribution >= 0.6 is 11.6 Å². The third-order valence-electron chi connectivity index (χ3n) is 3.78. The van der Waals surface area contributed by atoms with Gasteiger partial charge in [0, 0.05) is 31.5 Å². The van der Waals surface area contributed by atoms with Gasteiger partial charge in [-0.05, 0) is 18.9 Å². The molecule has 1 fully saturated rings. The van der Waals surface area contributed by atoms with Crippen LogP contribution in [0, 0.1) is 0 Å². The standard InChI is InChI=1S/C14H14ClF3N4/c1-21-8-9(6-20-21)12-3-2-4-22(12)13-11(15)5-10(7-19-13)14(16,17)18/h5-8,12H,2-4H2,1H3/t12-/m0/s1. The van der Waals surface area contributed by atoms with E-state index in [0.29, 0.717) is 12.4 Å². The molecule has 0 aliphatic carbocycles. The van der Waals surface area contributed by atoms with Crippen LogP contribution in [0.15, 0.2) is 24.7 Å². The Morgan fingerprint density at radius 1 is 1.32 bits per heavy atom. The second kappa shape index (κ2) is 5.46. The van der Waals surface area contributed by atoms with Crippen LogP contribution in [0.3, 0.4) is 0 Å². The lowest BCUT2D eigenvalue weighted by Gasteiger charge is -2.26. The Labute approximate surface area is 130 Å². The molecular weight excluding hydrogens is 317 g/mol. The van der Waals surface area contributed by atoms with Crippen molar-refractivity contribution in [2.24, 2.45) is 7.05 Å². The molecule has 2 aromatic heterocycles. The van der Waals surface area contributed by atoms with E-state index in [9.17, 15) is 13.2 Å². The number of halogens is 4. The van der Waals surface area contributed by atoms with Crippen LogP contribution in [-0.4, -0.2) is 21.3 Å². The lowest BCUT2D eigenvalue weighted by atomic mass is 10.1. The van der Waals surface area contributed by atoms with E-state index in [1.165, 1.54) is 0 Å². The summed E-state index contributed by atoms with van der Waals surface area (Å²) in [6, 6.07) is 0.970. The SMILES string of the molecule is Cn1cc([C@@H]2CCCN2c2ncc(C(F)(F)F)cc2Cl)cn1. The third-order valence-corrected chi connectivity index (χ3v) is 4.06. The minimum absolute atomic E-state index is 0.0191. The number of hydrogen-bond acceptors (Lipinski definition) is 3. The third kappa shape index (κ3) is 2.77. The lowest BCUT2D eigenvalue weighted by molar-refractivity contribution is -0.137. The summed E-state index contributed by atoms with van der Waals surface area (Å²) in [6.07, 6.45) is 1.88. The van der Waals surface area contributed by atoms with E-state index in [0.717, 1.165) is 30.7 Å². The molecule has 1 saturated heterocycles. The largest absolute Gasteiger partial charge is 0.417 e. The first-order chi connectivity index (χ1) is 10.4. The zero-order valence-electron chi connectivity index (χ0n) is 11.8. The van der Waals surface area contributed by atoms with Crippen molar-refractivity contribution in [2.45, 2.75) is 25.1 Å². The molecule has 4 nitrogen and oxygen atoms in total. The highest BCUT2D eigenvalue weighted by molar-refractivity contribution is 6.33. The number of rotatable bonds is 2. The van der Waals surface area contributed by atoms with Crippen LogP contribution in [0.2, 0.25) is 5.02 Å². The fourth-order valence-corrected chi connectivity index (χ4v) is 3.05. The van der Waals surface area contributed by atoms with E-state index in [1.54, 1.807) is 10.9 Å². The molecule has 0 spiro atoms. The van der Waals surface area contributed by atoms with Crippen molar-refractivity contribution in [2.75, 3.05) is 11.4 Å². The maximum atomic E-state index is 12.7. The molecule has 0 bridgehead atoms. The molecule has 1 aliphatic heterocycles. The van der Waals surface area contributed by atoms with Gasteiger partial charge in [0.2, 0.25) is 0 Å². The van der Waals surface area contributed by atoms with E-state index in [-0.39, 0.29) is 11.1 Å². The molecule has 0 N–H and O–H groups in total. The first kappa shape index (κ1) is 15.1. The van der Waals surface area contributed by atoms with Gasteiger partial charge >= 0.3 is 6.18 Å². The molecule has 0 radical (unpaired) electrons. The fraction of sp³-hybridized carbons (Fsp3) is 0.429. The molecular formula is C14H14ClF3N4. The van der Waals surface area contributed by atoms with E-state index in [2.05, 4.69) is 10.1 Å². The molecule has 0 aromatic carbocycles. The van der Waals surface area contributed by atoms with Gasteiger partial charge in [-0.15, -0.1) is 0 Å². The highest BCUT2D eigenvalue weighted by Crippen LogP contribution is 2.40. The zero-order chi connectivity index (χ0) is 15.9. The van der Waals surface area contributed by atoms with Crippen LogP contribution in [-0.2, 0) is 13.2 Å². The van der Waals surface area contributed by atoms with Crippen LogP contribution in [0.5, 0.6) is 0 Å². The van der Waals surface area contributed by atoms with Gasteiger partial charge in [-0.2, -0.15) is 18.3 Å². The predicted molar refractivity (Wildman–Crippen MR) is 76.8 cm³/mol. The van der Waals surface area contributed by atoms with Crippen LogP contribution in [0.25, 0.3) is 0 Å². The second-order valence-electron chi connectivity index (χ2n) is 5.33. The summed E-state index contributed by atoms with van der Waals surface area (Å²) in [6.45, 7) is 0.706. The molecule has 8 heteroatoms. The molecule has 118 valence electrons. The van der Waals surface area contributed by atoms with Gasteiger partial charge in [-0.3, -0.25) is 4.68 Å². The topological polar surface area (TPSA) is 34.0 Å². The normalized spacial score (nSPS) is 19.0. The number of aryl methyl sites for hydroxylation is 1. The Morgan fingerprint density at radius 3 is 2.68 bits per heavy atom. The Hall–Kier alpha value is -1.76. The highest BCUT2D eigenvalue weighted by atomic mass is 35.5. The second-order valence-corrected chi connectivity index (χ2v) is 5.73. The van der Waals surface area contributed by atoms with Crippen LogP contribution < -0.4 is 4.90 Å². The van der Waals surface area contributed by atoms with Crippen molar-refractivity contribution >= 4 is 17.4 Å². The molecule has 0 amide bonds. The monoisotopic (exact) mass is 330 g/mol. The fourth-order valence-electron chi connectivity index (χ4n) is 2.78. The Bertz CT molecular complexity index is 683. The van der Waals surface area contributed by atoms with Gasteiger partial charge in [0.1, 0.15) is 5.82 Å². The summed E-state index contributed by atoms with van der Waals surface area (Å²) in [5.74, 6) is 0.390. The molecule has 2 aromatic rings. The van der Waals surface area contributed by atoms with Crippen molar-refractivity contribution in [3.63, 3.8) is 0 Å². The number of hydrogen-bond donors (Lipinski definition) is 0. The summed E-state index contributed by atoms with van der Waals surface area (Å²) in [7, 11) is 1.83. The van der Waals surface area contributed by atoms with Crippen LogP contribution in [0.4, 0.5) is 19.0 Å². The Balaban J connectivity index is 1.93. The van der Waals surface area contributed by atoms with Gasteiger partial charge in [0.15, 0.2) is 0 Å². The van der Waals surface area contributed by atoms with E-state index in [1.807, 2.05) is 18.1 Å². The van der Waals surface area contributed by atoms with Gasteiger partial charge in [0.05, 0.1) is 22.8 Å². The van der Waals surface area contributed by atoms with E-state index in [4.69, 9.17) is 11.6 Å². The maximum absolute atomic E-state index is 12.7. The molecule has 3 heterocycles. The van der Waals surface area contributed by atoms with Crippen molar-refractivity contribution in [3.8, 4) is 0 Å². The number of pyridine rings is 1.